The average molecular weight is 230 g/mol. The van der Waals surface area contributed by atoms with Gasteiger partial charge in [0.25, 0.3) is 0 Å². The Kier molecular flexibility index (Phi) is 3.25. The van der Waals surface area contributed by atoms with Crippen molar-refractivity contribution >= 4 is 0 Å². The second-order valence-corrected chi connectivity index (χ2v) is 4.30. The van der Waals surface area contributed by atoms with E-state index in [9.17, 15) is 9.50 Å². The average Bonchev–Trinajstić information content (AvgIpc) is 2.33. The summed E-state index contributed by atoms with van der Waals surface area (Å²) < 4.78 is 12.8. The maximum atomic E-state index is 12.8. The van der Waals surface area contributed by atoms with Crippen LogP contribution in [0.5, 0.6) is 0 Å². The summed E-state index contributed by atoms with van der Waals surface area (Å²) in [6.45, 7) is 4.04. The second-order valence-electron chi connectivity index (χ2n) is 4.30. The van der Waals surface area contributed by atoms with Crippen molar-refractivity contribution in [3.05, 3.63) is 70.5 Å². The molecule has 17 heavy (non-hydrogen) atoms. The van der Waals surface area contributed by atoms with E-state index in [1.165, 1.54) is 17.7 Å². The van der Waals surface area contributed by atoms with Gasteiger partial charge in [-0.2, -0.15) is 0 Å². The number of halogens is 1. The number of aliphatic hydroxyl groups is 1. The van der Waals surface area contributed by atoms with Crippen molar-refractivity contribution in [2.24, 2.45) is 0 Å². The van der Waals surface area contributed by atoms with Gasteiger partial charge in [-0.15, -0.1) is 0 Å². The van der Waals surface area contributed by atoms with Gasteiger partial charge in [-0.05, 0) is 48.2 Å². The van der Waals surface area contributed by atoms with Crippen LogP contribution in [0.15, 0.2) is 42.5 Å². The fourth-order valence-electron chi connectivity index (χ4n) is 1.77. The van der Waals surface area contributed by atoms with E-state index in [1.807, 2.05) is 32.0 Å². The van der Waals surface area contributed by atoms with Crippen LogP contribution in [0.1, 0.15) is 28.4 Å². The molecule has 0 fully saturated rings. The van der Waals surface area contributed by atoms with Crippen molar-refractivity contribution < 1.29 is 9.50 Å². The highest BCUT2D eigenvalue weighted by Crippen LogP contribution is 2.23. The van der Waals surface area contributed by atoms with Gasteiger partial charge in [0.05, 0.1) is 0 Å². The summed E-state index contributed by atoms with van der Waals surface area (Å²) in [6.07, 6.45) is -0.699. The highest BCUT2D eigenvalue weighted by atomic mass is 19.1. The van der Waals surface area contributed by atoms with Gasteiger partial charge in [0, 0.05) is 0 Å². The van der Waals surface area contributed by atoms with Crippen LogP contribution in [0, 0.1) is 19.7 Å². The van der Waals surface area contributed by atoms with E-state index < -0.39 is 6.10 Å². The maximum absolute atomic E-state index is 12.8. The first-order valence-corrected chi connectivity index (χ1v) is 5.58. The largest absolute Gasteiger partial charge is 0.384 e. The van der Waals surface area contributed by atoms with E-state index in [4.69, 9.17) is 0 Å². The van der Waals surface area contributed by atoms with Crippen LogP contribution < -0.4 is 0 Å². The number of hydrogen-bond acceptors (Lipinski definition) is 1. The molecule has 0 aliphatic rings. The third kappa shape index (κ3) is 2.53. The Morgan fingerprint density at radius 1 is 0.882 bits per heavy atom. The van der Waals surface area contributed by atoms with E-state index >= 15 is 0 Å². The number of rotatable bonds is 2. The summed E-state index contributed by atoms with van der Waals surface area (Å²) in [5, 5.41) is 10.2. The van der Waals surface area contributed by atoms with Gasteiger partial charge in [0.2, 0.25) is 0 Å². The zero-order valence-electron chi connectivity index (χ0n) is 9.94. The molecule has 0 aliphatic carbocycles. The molecule has 2 heteroatoms. The minimum atomic E-state index is -0.699. The SMILES string of the molecule is Cc1ccc([C@H](O)c2ccc(F)cc2)cc1C. The van der Waals surface area contributed by atoms with E-state index in [1.54, 1.807) is 12.1 Å². The normalized spacial score (nSPS) is 12.5. The first-order chi connectivity index (χ1) is 8.08. The van der Waals surface area contributed by atoms with E-state index in [2.05, 4.69) is 0 Å². The van der Waals surface area contributed by atoms with Crippen molar-refractivity contribution in [1.29, 1.82) is 0 Å². The monoisotopic (exact) mass is 230 g/mol. The predicted octanol–water partition coefficient (Wildman–Crippen LogP) is 3.52. The Hall–Kier alpha value is -1.67. The third-order valence-corrected chi connectivity index (χ3v) is 3.03. The molecule has 1 nitrogen and oxygen atoms in total. The molecular weight excluding hydrogens is 215 g/mol. The molecule has 2 aromatic rings. The molecule has 1 atom stereocenters. The van der Waals surface area contributed by atoms with Gasteiger partial charge >= 0.3 is 0 Å². The van der Waals surface area contributed by atoms with Crippen LogP contribution in [0.3, 0.4) is 0 Å². The molecule has 2 rings (SSSR count). The number of hydrogen-bond donors (Lipinski definition) is 1. The minimum absolute atomic E-state index is 0.291. The zero-order valence-corrected chi connectivity index (χ0v) is 9.94. The summed E-state index contributed by atoms with van der Waals surface area (Å²) in [6, 6.07) is 11.8. The molecule has 0 saturated heterocycles. The molecule has 0 bridgehead atoms. The molecule has 0 aliphatic heterocycles. The molecular formula is C15H15FO. The molecule has 0 heterocycles. The fourth-order valence-corrected chi connectivity index (χ4v) is 1.77. The van der Waals surface area contributed by atoms with Crippen molar-refractivity contribution in [3.8, 4) is 0 Å². The van der Waals surface area contributed by atoms with Crippen LogP contribution in [0.2, 0.25) is 0 Å². The summed E-state index contributed by atoms with van der Waals surface area (Å²) in [5.74, 6) is -0.291. The smallest absolute Gasteiger partial charge is 0.123 e. The van der Waals surface area contributed by atoms with Crippen molar-refractivity contribution in [3.63, 3.8) is 0 Å². The van der Waals surface area contributed by atoms with Gasteiger partial charge in [-0.1, -0.05) is 30.3 Å². The van der Waals surface area contributed by atoms with Crippen LogP contribution >= 0.6 is 0 Å². The van der Waals surface area contributed by atoms with E-state index in [-0.39, 0.29) is 5.82 Å². The second kappa shape index (κ2) is 4.68. The Labute approximate surface area is 101 Å². The highest BCUT2D eigenvalue weighted by molar-refractivity contribution is 5.35. The Bertz CT molecular complexity index is 517. The molecule has 0 unspecified atom stereocenters. The lowest BCUT2D eigenvalue weighted by Gasteiger charge is -2.13. The summed E-state index contributed by atoms with van der Waals surface area (Å²) >= 11 is 0. The van der Waals surface area contributed by atoms with Gasteiger partial charge < -0.3 is 5.11 Å². The molecule has 88 valence electrons. The van der Waals surface area contributed by atoms with Gasteiger partial charge in [-0.3, -0.25) is 0 Å². The number of aryl methyl sites for hydroxylation is 2. The lowest BCUT2D eigenvalue weighted by Crippen LogP contribution is -2.00. The van der Waals surface area contributed by atoms with Crippen LogP contribution in [-0.2, 0) is 0 Å². The van der Waals surface area contributed by atoms with Gasteiger partial charge in [-0.25, -0.2) is 4.39 Å². The molecule has 0 amide bonds. The van der Waals surface area contributed by atoms with Gasteiger partial charge in [0.1, 0.15) is 11.9 Å². The topological polar surface area (TPSA) is 20.2 Å². The molecule has 0 aromatic heterocycles. The standard InChI is InChI=1S/C15H15FO/c1-10-3-4-13(9-11(10)2)15(17)12-5-7-14(16)8-6-12/h3-9,15,17H,1-2H3/t15-/m1/s1. The Morgan fingerprint density at radius 3 is 2.06 bits per heavy atom. The lowest BCUT2D eigenvalue weighted by atomic mass is 9.98. The zero-order chi connectivity index (χ0) is 12.4. The van der Waals surface area contributed by atoms with Crippen molar-refractivity contribution in [2.75, 3.05) is 0 Å². The quantitative estimate of drug-likeness (QED) is 0.836. The lowest BCUT2D eigenvalue weighted by molar-refractivity contribution is 0.220. The first-order valence-electron chi connectivity index (χ1n) is 5.58. The van der Waals surface area contributed by atoms with Crippen molar-refractivity contribution in [1.82, 2.24) is 0 Å². The maximum Gasteiger partial charge on any atom is 0.123 e. The first kappa shape index (κ1) is 11.8. The Morgan fingerprint density at radius 2 is 1.47 bits per heavy atom. The van der Waals surface area contributed by atoms with E-state index in [0.717, 1.165) is 11.1 Å². The molecule has 2 aromatic carbocycles. The summed E-state index contributed by atoms with van der Waals surface area (Å²) in [5.41, 5.74) is 3.87. The molecule has 0 saturated carbocycles. The van der Waals surface area contributed by atoms with Crippen molar-refractivity contribution in [2.45, 2.75) is 20.0 Å². The fraction of sp³-hybridized carbons (Fsp3) is 0.200. The highest BCUT2D eigenvalue weighted by Gasteiger charge is 2.10. The minimum Gasteiger partial charge on any atom is -0.384 e. The Balaban J connectivity index is 2.33. The third-order valence-electron chi connectivity index (χ3n) is 3.03. The number of benzene rings is 2. The van der Waals surface area contributed by atoms with Crippen LogP contribution in [-0.4, -0.2) is 5.11 Å². The molecule has 1 N–H and O–H groups in total. The molecule has 0 spiro atoms. The number of aliphatic hydroxyl groups excluding tert-OH is 1. The van der Waals surface area contributed by atoms with Crippen LogP contribution in [0.25, 0.3) is 0 Å². The summed E-state index contributed by atoms with van der Waals surface area (Å²) in [7, 11) is 0. The van der Waals surface area contributed by atoms with E-state index in [0.29, 0.717) is 5.56 Å². The summed E-state index contributed by atoms with van der Waals surface area (Å²) in [4.78, 5) is 0. The van der Waals surface area contributed by atoms with Gasteiger partial charge in [0.15, 0.2) is 0 Å². The predicted molar refractivity (Wildman–Crippen MR) is 66.4 cm³/mol. The van der Waals surface area contributed by atoms with Crippen LogP contribution in [0.4, 0.5) is 4.39 Å². The molecule has 0 radical (unpaired) electrons.